The lowest BCUT2D eigenvalue weighted by atomic mass is 10.1. The van der Waals surface area contributed by atoms with Crippen LogP contribution >= 0.6 is 15.9 Å². The third kappa shape index (κ3) is 6.45. The highest BCUT2D eigenvalue weighted by atomic mass is 79.9. The van der Waals surface area contributed by atoms with Gasteiger partial charge >= 0.3 is 0 Å². The maximum atomic E-state index is 11.6. The van der Waals surface area contributed by atoms with E-state index in [2.05, 4.69) is 21.2 Å². The third-order valence-corrected chi connectivity index (χ3v) is 3.46. The summed E-state index contributed by atoms with van der Waals surface area (Å²) in [6.07, 6.45) is -0.356. The Morgan fingerprint density at radius 1 is 1.25 bits per heavy atom. The quantitative estimate of drug-likeness (QED) is 0.550. The Bertz CT molecular complexity index is 194. The first kappa shape index (κ1) is 15.9. The van der Waals surface area contributed by atoms with E-state index < -0.39 is 0 Å². The Labute approximate surface area is 106 Å². The lowest BCUT2D eigenvalue weighted by Gasteiger charge is -2.19. The summed E-state index contributed by atoms with van der Waals surface area (Å²) in [6, 6.07) is 0. The summed E-state index contributed by atoms with van der Waals surface area (Å²) in [4.78, 5) is 11.5. The van der Waals surface area contributed by atoms with Crippen LogP contribution in [0.15, 0.2) is 0 Å². The molecule has 0 fully saturated rings. The largest absolute Gasteiger partial charge is 0.351 e. The van der Waals surface area contributed by atoms with Crippen LogP contribution in [0.1, 0.15) is 27.7 Å². The van der Waals surface area contributed by atoms with E-state index in [1.165, 1.54) is 0 Å². The van der Waals surface area contributed by atoms with Crippen molar-refractivity contribution in [2.75, 3.05) is 19.8 Å². The number of carbonyl (C=O) groups is 1. The van der Waals surface area contributed by atoms with Gasteiger partial charge in [0.1, 0.15) is 0 Å². The average molecular weight is 296 g/mol. The molecule has 0 saturated heterocycles. The van der Waals surface area contributed by atoms with Gasteiger partial charge in [-0.2, -0.15) is 0 Å². The number of nitrogens with one attached hydrogen (secondary N) is 1. The Hall–Kier alpha value is -0.130. The van der Waals surface area contributed by atoms with Crippen LogP contribution < -0.4 is 5.32 Å². The second-order valence-corrected chi connectivity index (χ2v) is 4.72. The van der Waals surface area contributed by atoms with Gasteiger partial charge in [0.05, 0.1) is 11.4 Å². The number of hydrogen-bond donors (Lipinski definition) is 1. The molecule has 0 aliphatic rings. The molecule has 96 valence electrons. The minimum absolute atomic E-state index is 0.0283. The zero-order valence-corrected chi connectivity index (χ0v) is 12.0. The van der Waals surface area contributed by atoms with Crippen molar-refractivity contribution >= 4 is 21.8 Å². The van der Waals surface area contributed by atoms with E-state index in [9.17, 15) is 4.79 Å². The van der Waals surface area contributed by atoms with Gasteiger partial charge in [-0.25, -0.2) is 0 Å². The van der Waals surface area contributed by atoms with Crippen molar-refractivity contribution in [2.45, 2.75) is 38.8 Å². The summed E-state index contributed by atoms with van der Waals surface area (Å²) >= 11 is 3.34. The number of alkyl halides is 1. The molecule has 0 spiro atoms. The Balaban J connectivity index is 3.94. The summed E-state index contributed by atoms with van der Waals surface area (Å²) < 4.78 is 10.6. The van der Waals surface area contributed by atoms with Crippen LogP contribution in [0.25, 0.3) is 0 Å². The van der Waals surface area contributed by atoms with E-state index >= 15 is 0 Å². The van der Waals surface area contributed by atoms with E-state index in [4.69, 9.17) is 9.47 Å². The summed E-state index contributed by atoms with van der Waals surface area (Å²) in [5.41, 5.74) is 0. The number of halogens is 1. The third-order valence-electron chi connectivity index (χ3n) is 1.98. The average Bonchev–Trinajstić information content (AvgIpc) is 2.24. The fourth-order valence-corrected chi connectivity index (χ4v) is 1.28. The van der Waals surface area contributed by atoms with Crippen molar-refractivity contribution in [3.8, 4) is 0 Å². The van der Waals surface area contributed by atoms with Crippen LogP contribution in [0.2, 0.25) is 0 Å². The fourth-order valence-electron chi connectivity index (χ4n) is 1.12. The maximum Gasteiger partial charge on any atom is 0.234 e. The fraction of sp³-hybridized carbons (Fsp3) is 0.909. The van der Waals surface area contributed by atoms with E-state index in [-0.39, 0.29) is 22.9 Å². The smallest absolute Gasteiger partial charge is 0.234 e. The second-order valence-electron chi connectivity index (χ2n) is 3.73. The first-order valence-electron chi connectivity index (χ1n) is 5.67. The Morgan fingerprint density at radius 2 is 1.75 bits per heavy atom. The second kappa shape index (κ2) is 8.96. The molecule has 0 radical (unpaired) electrons. The summed E-state index contributed by atoms with van der Waals surface area (Å²) in [5, 5.41) is 2.80. The normalized spacial score (nSPS) is 13.2. The Kier molecular flexibility index (Phi) is 8.89. The van der Waals surface area contributed by atoms with Gasteiger partial charge in [-0.1, -0.05) is 29.8 Å². The number of ether oxygens (including phenoxy) is 2. The summed E-state index contributed by atoms with van der Waals surface area (Å²) in [5.74, 6) is 0.233. The van der Waals surface area contributed by atoms with Crippen molar-refractivity contribution in [2.24, 2.45) is 5.92 Å². The minimum Gasteiger partial charge on any atom is -0.351 e. The number of carbonyl (C=O) groups excluding carboxylic acids is 1. The monoisotopic (exact) mass is 295 g/mol. The minimum atomic E-state index is -0.356. The van der Waals surface area contributed by atoms with Crippen molar-refractivity contribution in [3.63, 3.8) is 0 Å². The van der Waals surface area contributed by atoms with Gasteiger partial charge in [0.25, 0.3) is 0 Å². The maximum absolute atomic E-state index is 11.6. The zero-order valence-electron chi connectivity index (χ0n) is 10.5. The predicted octanol–water partition coefficient (Wildman–Crippen LogP) is 1.92. The van der Waals surface area contributed by atoms with Gasteiger partial charge < -0.3 is 14.8 Å². The molecule has 0 rings (SSSR count). The van der Waals surface area contributed by atoms with Crippen LogP contribution in [0.4, 0.5) is 0 Å². The van der Waals surface area contributed by atoms with Gasteiger partial charge in [-0.15, -0.1) is 0 Å². The van der Waals surface area contributed by atoms with Gasteiger partial charge in [0.2, 0.25) is 5.91 Å². The molecule has 1 N–H and O–H groups in total. The molecule has 1 unspecified atom stereocenters. The molecule has 0 aromatic heterocycles. The number of amides is 1. The summed E-state index contributed by atoms with van der Waals surface area (Å²) in [6.45, 7) is 9.30. The molecule has 0 aliphatic carbocycles. The van der Waals surface area contributed by atoms with Crippen LogP contribution in [0.3, 0.4) is 0 Å². The molecule has 0 aromatic rings. The standard InChI is InChI=1S/C11H22BrNO3/c1-5-15-9(16-6-2)7-13-11(14)10(12)8(3)4/h8-10H,5-7H2,1-4H3,(H,13,14). The van der Waals surface area contributed by atoms with Crippen molar-refractivity contribution in [1.82, 2.24) is 5.32 Å². The van der Waals surface area contributed by atoms with Crippen LogP contribution in [0, 0.1) is 5.92 Å². The highest BCUT2D eigenvalue weighted by Gasteiger charge is 2.19. The molecule has 0 aromatic carbocycles. The van der Waals surface area contributed by atoms with Crippen LogP contribution in [0.5, 0.6) is 0 Å². The van der Waals surface area contributed by atoms with Crippen molar-refractivity contribution in [3.05, 3.63) is 0 Å². The molecule has 0 saturated carbocycles. The Morgan fingerprint density at radius 3 is 2.12 bits per heavy atom. The van der Waals surface area contributed by atoms with E-state index in [1.54, 1.807) is 0 Å². The number of hydrogen-bond acceptors (Lipinski definition) is 3. The van der Waals surface area contributed by atoms with Crippen LogP contribution in [-0.2, 0) is 14.3 Å². The highest BCUT2D eigenvalue weighted by molar-refractivity contribution is 9.10. The zero-order chi connectivity index (χ0) is 12.6. The molecular formula is C11H22BrNO3. The predicted molar refractivity (Wildman–Crippen MR) is 67.6 cm³/mol. The lowest BCUT2D eigenvalue weighted by molar-refractivity contribution is -0.140. The molecule has 1 amide bonds. The lowest BCUT2D eigenvalue weighted by Crippen LogP contribution is -2.40. The summed E-state index contributed by atoms with van der Waals surface area (Å²) in [7, 11) is 0. The SMILES string of the molecule is CCOC(CNC(=O)C(Br)C(C)C)OCC. The molecule has 0 heterocycles. The van der Waals surface area contributed by atoms with E-state index in [0.717, 1.165) is 0 Å². The molecule has 16 heavy (non-hydrogen) atoms. The van der Waals surface area contributed by atoms with E-state index in [0.29, 0.717) is 19.8 Å². The first-order chi connectivity index (χ1) is 7.52. The first-order valence-corrected chi connectivity index (χ1v) is 6.59. The van der Waals surface area contributed by atoms with Gasteiger partial charge in [-0.05, 0) is 19.8 Å². The molecule has 0 bridgehead atoms. The van der Waals surface area contributed by atoms with Gasteiger partial charge in [0.15, 0.2) is 6.29 Å². The van der Waals surface area contributed by atoms with Crippen molar-refractivity contribution < 1.29 is 14.3 Å². The molecule has 0 aliphatic heterocycles. The molecule has 1 atom stereocenters. The van der Waals surface area contributed by atoms with E-state index in [1.807, 2.05) is 27.7 Å². The number of rotatable bonds is 8. The highest BCUT2D eigenvalue weighted by Crippen LogP contribution is 2.11. The van der Waals surface area contributed by atoms with Gasteiger partial charge in [-0.3, -0.25) is 4.79 Å². The topological polar surface area (TPSA) is 47.6 Å². The molecule has 5 heteroatoms. The van der Waals surface area contributed by atoms with Crippen LogP contribution in [-0.4, -0.2) is 36.8 Å². The molecular weight excluding hydrogens is 274 g/mol. The molecule has 4 nitrogen and oxygen atoms in total. The van der Waals surface area contributed by atoms with Gasteiger partial charge in [0, 0.05) is 13.2 Å². The van der Waals surface area contributed by atoms with Crippen molar-refractivity contribution in [1.29, 1.82) is 0 Å².